The summed E-state index contributed by atoms with van der Waals surface area (Å²) >= 11 is 12.1. The fourth-order valence-electron chi connectivity index (χ4n) is 3.50. The molecule has 0 N–H and O–H groups in total. The molecule has 2 aromatic carbocycles. The van der Waals surface area contributed by atoms with Crippen molar-refractivity contribution in [3.05, 3.63) is 64.3 Å². The van der Waals surface area contributed by atoms with E-state index in [9.17, 15) is 18.0 Å². The number of hydrogen-bond acceptors (Lipinski definition) is 5. The van der Waals surface area contributed by atoms with E-state index in [2.05, 4.69) is 0 Å². The SMILES string of the molecule is CC[C@H](C(=O)n1cc(C(=O)OC)c2ccccc21)N(c1cc(Cl)cc(Cl)c1)S(C)(=O)=O. The summed E-state index contributed by atoms with van der Waals surface area (Å²) < 4.78 is 32.5. The smallest absolute Gasteiger partial charge is 0.340 e. The molecule has 3 rings (SSSR count). The van der Waals surface area contributed by atoms with Gasteiger partial charge < -0.3 is 4.74 Å². The van der Waals surface area contributed by atoms with Crippen molar-refractivity contribution in [3.8, 4) is 0 Å². The van der Waals surface area contributed by atoms with E-state index in [0.717, 1.165) is 10.6 Å². The van der Waals surface area contributed by atoms with Crippen molar-refractivity contribution in [2.24, 2.45) is 0 Å². The number of anilines is 1. The topological polar surface area (TPSA) is 85.7 Å². The van der Waals surface area contributed by atoms with E-state index >= 15 is 0 Å². The van der Waals surface area contributed by atoms with Crippen LogP contribution >= 0.6 is 23.2 Å². The number of halogens is 2. The molecule has 1 atom stereocenters. The summed E-state index contributed by atoms with van der Waals surface area (Å²) in [6, 6.07) is 10.0. The van der Waals surface area contributed by atoms with Gasteiger partial charge in [-0.05, 0) is 30.7 Å². The number of benzene rings is 2. The fourth-order valence-corrected chi connectivity index (χ4v) is 5.21. The molecule has 10 heteroatoms. The van der Waals surface area contributed by atoms with Gasteiger partial charge in [0.1, 0.15) is 6.04 Å². The van der Waals surface area contributed by atoms with E-state index in [1.807, 2.05) is 0 Å². The van der Waals surface area contributed by atoms with E-state index in [0.29, 0.717) is 10.9 Å². The Hall–Kier alpha value is -2.55. The molecule has 164 valence electrons. The lowest BCUT2D eigenvalue weighted by Crippen LogP contribution is -2.46. The van der Waals surface area contributed by atoms with Gasteiger partial charge in [-0.2, -0.15) is 0 Å². The zero-order valence-electron chi connectivity index (χ0n) is 17.0. The van der Waals surface area contributed by atoms with Crippen LogP contribution in [0.3, 0.4) is 0 Å². The standard InChI is InChI=1S/C21H20Cl2N2O5S/c1-4-18(25(31(3,28)29)15-10-13(22)9-14(23)11-15)20(26)24-12-17(21(27)30-2)16-7-5-6-8-19(16)24/h5-12,18H,4H2,1-3H3/t18-/m1/s1. The van der Waals surface area contributed by atoms with Crippen molar-refractivity contribution in [3.63, 3.8) is 0 Å². The van der Waals surface area contributed by atoms with Crippen LogP contribution < -0.4 is 4.31 Å². The minimum absolute atomic E-state index is 0.163. The maximum atomic E-state index is 13.6. The van der Waals surface area contributed by atoms with E-state index in [-0.39, 0.29) is 27.7 Å². The number of fused-ring (bicyclic) bond motifs is 1. The summed E-state index contributed by atoms with van der Waals surface area (Å²) in [6.45, 7) is 1.69. The Bertz CT molecular complexity index is 1250. The van der Waals surface area contributed by atoms with Gasteiger partial charge in [0.2, 0.25) is 10.0 Å². The fraction of sp³-hybridized carbons (Fsp3) is 0.238. The van der Waals surface area contributed by atoms with E-state index < -0.39 is 27.9 Å². The average molecular weight is 483 g/mol. The number of ether oxygens (including phenoxy) is 1. The number of hydrogen-bond donors (Lipinski definition) is 0. The summed E-state index contributed by atoms with van der Waals surface area (Å²) in [5, 5.41) is 0.991. The zero-order chi connectivity index (χ0) is 22.9. The monoisotopic (exact) mass is 482 g/mol. The highest BCUT2D eigenvalue weighted by Crippen LogP contribution is 2.31. The van der Waals surface area contributed by atoms with Gasteiger partial charge in [0, 0.05) is 21.6 Å². The Morgan fingerprint density at radius 2 is 1.74 bits per heavy atom. The van der Waals surface area contributed by atoms with Crippen molar-refractivity contribution in [2.45, 2.75) is 19.4 Å². The first kappa shape index (κ1) is 23.1. The third-order valence-corrected chi connectivity index (χ3v) is 6.38. The van der Waals surface area contributed by atoms with Crippen LogP contribution in [0.4, 0.5) is 5.69 Å². The number of esters is 1. The van der Waals surface area contributed by atoms with Gasteiger partial charge in [-0.25, -0.2) is 13.2 Å². The molecule has 1 aromatic heterocycles. The lowest BCUT2D eigenvalue weighted by atomic mass is 10.1. The second-order valence-electron chi connectivity index (χ2n) is 6.87. The van der Waals surface area contributed by atoms with Crippen molar-refractivity contribution >= 4 is 61.7 Å². The van der Waals surface area contributed by atoms with Crippen molar-refractivity contribution in [2.75, 3.05) is 17.7 Å². The number of methoxy groups -OCH3 is 1. The highest BCUT2D eigenvalue weighted by molar-refractivity contribution is 7.92. The zero-order valence-corrected chi connectivity index (χ0v) is 19.3. The molecular formula is C21H20Cl2N2O5S. The maximum absolute atomic E-state index is 13.6. The molecule has 0 bridgehead atoms. The van der Waals surface area contributed by atoms with Gasteiger partial charge in [-0.1, -0.05) is 48.3 Å². The summed E-state index contributed by atoms with van der Waals surface area (Å²) in [5.41, 5.74) is 0.840. The molecule has 0 fully saturated rings. The van der Waals surface area contributed by atoms with Crippen LogP contribution in [0.25, 0.3) is 10.9 Å². The molecule has 0 amide bonds. The molecule has 0 aliphatic rings. The Morgan fingerprint density at radius 1 is 1.13 bits per heavy atom. The Labute approximate surface area is 190 Å². The number of nitrogens with zero attached hydrogens (tertiary/aromatic N) is 2. The van der Waals surface area contributed by atoms with Crippen LogP contribution in [0.1, 0.15) is 28.5 Å². The number of carbonyl (C=O) groups excluding carboxylic acids is 2. The number of sulfonamides is 1. The van der Waals surface area contributed by atoms with Gasteiger partial charge in [0.15, 0.2) is 0 Å². The molecule has 31 heavy (non-hydrogen) atoms. The van der Waals surface area contributed by atoms with Gasteiger partial charge in [0.25, 0.3) is 5.91 Å². The Kier molecular flexibility index (Phi) is 6.64. The predicted octanol–water partition coefficient (Wildman–Crippen LogP) is 4.62. The van der Waals surface area contributed by atoms with Gasteiger partial charge in [-0.3, -0.25) is 13.7 Å². The molecule has 0 spiro atoms. The summed E-state index contributed by atoms with van der Waals surface area (Å²) in [7, 11) is -2.64. The largest absolute Gasteiger partial charge is 0.465 e. The lowest BCUT2D eigenvalue weighted by molar-refractivity contribution is 0.0603. The molecule has 0 aliphatic heterocycles. The van der Waals surface area contributed by atoms with E-state index in [1.54, 1.807) is 31.2 Å². The average Bonchev–Trinajstić information content (AvgIpc) is 3.08. The van der Waals surface area contributed by atoms with E-state index in [4.69, 9.17) is 27.9 Å². The molecule has 0 unspecified atom stereocenters. The molecule has 7 nitrogen and oxygen atoms in total. The number of aromatic nitrogens is 1. The quantitative estimate of drug-likeness (QED) is 0.478. The summed E-state index contributed by atoms with van der Waals surface area (Å²) in [5.74, 6) is -1.13. The minimum Gasteiger partial charge on any atom is -0.465 e. The highest BCUT2D eigenvalue weighted by atomic mass is 35.5. The first-order valence-electron chi connectivity index (χ1n) is 9.26. The minimum atomic E-state index is -3.89. The normalized spacial score (nSPS) is 12.5. The van der Waals surface area contributed by atoms with Gasteiger partial charge >= 0.3 is 5.97 Å². The molecule has 1 heterocycles. The second-order valence-corrected chi connectivity index (χ2v) is 9.60. The third-order valence-electron chi connectivity index (χ3n) is 4.77. The number of para-hydroxylation sites is 1. The molecule has 0 radical (unpaired) electrons. The number of carbonyl (C=O) groups is 2. The Morgan fingerprint density at radius 3 is 2.29 bits per heavy atom. The first-order valence-corrected chi connectivity index (χ1v) is 11.9. The van der Waals surface area contributed by atoms with Crippen LogP contribution in [0.15, 0.2) is 48.7 Å². The van der Waals surface area contributed by atoms with Gasteiger partial charge in [-0.15, -0.1) is 0 Å². The van der Waals surface area contributed by atoms with Crippen LogP contribution in [-0.2, 0) is 14.8 Å². The molecule has 3 aromatic rings. The van der Waals surface area contributed by atoms with Crippen LogP contribution in [0, 0.1) is 0 Å². The Balaban J connectivity index is 2.19. The first-order chi connectivity index (χ1) is 14.6. The lowest BCUT2D eigenvalue weighted by Gasteiger charge is -2.30. The maximum Gasteiger partial charge on any atom is 0.340 e. The van der Waals surface area contributed by atoms with Crippen LogP contribution in [0.5, 0.6) is 0 Å². The summed E-state index contributed by atoms with van der Waals surface area (Å²) in [6.07, 6.45) is 2.54. The predicted molar refractivity (Wildman–Crippen MR) is 122 cm³/mol. The highest BCUT2D eigenvalue weighted by Gasteiger charge is 2.34. The van der Waals surface area contributed by atoms with Crippen molar-refractivity contribution < 1.29 is 22.7 Å². The van der Waals surface area contributed by atoms with E-state index in [1.165, 1.54) is 36.1 Å². The van der Waals surface area contributed by atoms with Crippen LogP contribution in [0.2, 0.25) is 10.0 Å². The van der Waals surface area contributed by atoms with Crippen molar-refractivity contribution in [1.29, 1.82) is 0 Å². The molecule has 0 aliphatic carbocycles. The van der Waals surface area contributed by atoms with Crippen molar-refractivity contribution in [1.82, 2.24) is 4.57 Å². The molecule has 0 saturated carbocycles. The summed E-state index contributed by atoms with van der Waals surface area (Å²) in [4.78, 5) is 25.8. The molecular weight excluding hydrogens is 463 g/mol. The second kappa shape index (κ2) is 8.90. The molecule has 0 saturated heterocycles. The third kappa shape index (κ3) is 4.56. The van der Waals surface area contributed by atoms with Gasteiger partial charge in [0.05, 0.1) is 30.1 Å². The number of rotatable bonds is 6. The van der Waals surface area contributed by atoms with Crippen LogP contribution in [-0.4, -0.2) is 44.3 Å².